The Labute approximate surface area is 129 Å². The molecule has 22 heavy (non-hydrogen) atoms. The maximum Gasteiger partial charge on any atom is 0.102 e. The lowest BCUT2D eigenvalue weighted by Gasteiger charge is -2.13. The molecule has 3 rings (SSSR count). The number of rotatable bonds is 5. The first kappa shape index (κ1) is 14.4. The Morgan fingerprint density at radius 1 is 1.27 bits per heavy atom. The second kappa shape index (κ2) is 6.09. The number of aromatic nitrogens is 5. The summed E-state index contributed by atoms with van der Waals surface area (Å²) in [6.07, 6.45) is 6.35. The van der Waals surface area contributed by atoms with Gasteiger partial charge in [0, 0.05) is 35.3 Å². The van der Waals surface area contributed by atoms with E-state index in [9.17, 15) is 0 Å². The van der Waals surface area contributed by atoms with Crippen LogP contribution in [0.25, 0.3) is 27.6 Å². The van der Waals surface area contributed by atoms with Gasteiger partial charge in [0.2, 0.25) is 0 Å². The van der Waals surface area contributed by atoms with Crippen LogP contribution in [0.2, 0.25) is 0 Å². The van der Waals surface area contributed by atoms with Crippen molar-refractivity contribution in [2.45, 2.75) is 33.2 Å². The molecule has 3 aromatic heterocycles. The van der Waals surface area contributed by atoms with Crippen molar-refractivity contribution < 1.29 is 0 Å². The summed E-state index contributed by atoms with van der Waals surface area (Å²) in [7, 11) is 0. The van der Waals surface area contributed by atoms with E-state index in [-0.39, 0.29) is 6.04 Å². The van der Waals surface area contributed by atoms with Gasteiger partial charge >= 0.3 is 0 Å². The Bertz CT molecular complexity index is 763. The molecular formula is C16H19N6-. The molecule has 0 aliphatic heterocycles. The number of hydrogen-bond donors (Lipinski definition) is 0. The fourth-order valence-corrected chi connectivity index (χ4v) is 2.28. The van der Waals surface area contributed by atoms with E-state index >= 15 is 0 Å². The topological polar surface area (TPSA) is 70.6 Å². The van der Waals surface area contributed by atoms with Gasteiger partial charge in [0.25, 0.3) is 0 Å². The van der Waals surface area contributed by atoms with Crippen LogP contribution in [0.3, 0.4) is 0 Å². The minimum Gasteiger partial charge on any atom is -0.393 e. The highest BCUT2D eigenvalue weighted by atomic mass is 15.3. The molecule has 0 amide bonds. The van der Waals surface area contributed by atoms with Gasteiger partial charge in [-0.15, -0.1) is 0 Å². The van der Waals surface area contributed by atoms with Crippen molar-refractivity contribution in [2.75, 3.05) is 6.54 Å². The van der Waals surface area contributed by atoms with E-state index in [2.05, 4.69) is 41.0 Å². The Hall–Kier alpha value is -2.50. The minimum absolute atomic E-state index is 0.210. The second-order valence-electron chi connectivity index (χ2n) is 5.42. The predicted molar refractivity (Wildman–Crippen MR) is 87.1 cm³/mol. The summed E-state index contributed by atoms with van der Waals surface area (Å²) < 4.78 is 1.92. The van der Waals surface area contributed by atoms with Crippen LogP contribution in [-0.2, 0) is 0 Å². The van der Waals surface area contributed by atoms with Gasteiger partial charge in [0.15, 0.2) is 0 Å². The van der Waals surface area contributed by atoms with Crippen LogP contribution < -0.4 is 0 Å². The second-order valence-corrected chi connectivity index (χ2v) is 5.42. The number of pyridine rings is 1. The zero-order chi connectivity index (χ0) is 15.5. The molecule has 0 atom stereocenters. The maximum atomic E-state index is 4.71. The zero-order valence-corrected chi connectivity index (χ0v) is 13.1. The quantitative estimate of drug-likeness (QED) is 0.716. The first-order valence-electron chi connectivity index (χ1n) is 7.54. The predicted octanol–water partition coefficient (Wildman–Crippen LogP) is 3.88. The zero-order valence-electron chi connectivity index (χ0n) is 13.1. The van der Waals surface area contributed by atoms with Crippen molar-refractivity contribution in [1.82, 2.24) is 24.7 Å². The molecule has 0 saturated carbocycles. The van der Waals surface area contributed by atoms with Gasteiger partial charge in [0.05, 0.1) is 5.65 Å². The van der Waals surface area contributed by atoms with E-state index in [1.807, 2.05) is 29.2 Å². The third kappa shape index (κ3) is 2.64. The summed E-state index contributed by atoms with van der Waals surface area (Å²) in [5.74, 6) is 0.522. The van der Waals surface area contributed by atoms with Crippen LogP contribution in [0.4, 0.5) is 5.95 Å². The molecule has 0 fully saturated rings. The average molecular weight is 295 g/mol. The van der Waals surface area contributed by atoms with Crippen LogP contribution in [0.15, 0.2) is 30.7 Å². The summed E-state index contributed by atoms with van der Waals surface area (Å²) in [4.78, 5) is 13.1. The smallest absolute Gasteiger partial charge is 0.102 e. The molecule has 0 aliphatic carbocycles. The SMILES string of the molecule is CCC[N-]c1ncc2c(-c3cccnc3)nn(C(C)C)c2n1. The fourth-order valence-electron chi connectivity index (χ4n) is 2.28. The molecule has 0 N–H and O–H groups in total. The molecule has 0 bridgehead atoms. The Kier molecular flexibility index (Phi) is 4.00. The first-order valence-corrected chi connectivity index (χ1v) is 7.54. The van der Waals surface area contributed by atoms with E-state index in [4.69, 9.17) is 5.10 Å². The molecule has 0 saturated heterocycles. The molecule has 6 nitrogen and oxygen atoms in total. The van der Waals surface area contributed by atoms with Crippen molar-refractivity contribution in [2.24, 2.45) is 0 Å². The van der Waals surface area contributed by atoms with Crippen molar-refractivity contribution >= 4 is 17.0 Å². The first-order chi connectivity index (χ1) is 10.7. The number of nitrogens with zero attached hydrogens (tertiary/aromatic N) is 6. The summed E-state index contributed by atoms with van der Waals surface area (Å²) >= 11 is 0. The lowest BCUT2D eigenvalue weighted by Crippen LogP contribution is -2.04. The Morgan fingerprint density at radius 3 is 2.82 bits per heavy atom. The van der Waals surface area contributed by atoms with Crippen LogP contribution in [0, 0.1) is 0 Å². The van der Waals surface area contributed by atoms with Gasteiger partial charge in [-0.25, -0.2) is 0 Å². The summed E-state index contributed by atoms with van der Waals surface area (Å²) in [5, 5.41) is 10.0. The molecule has 0 spiro atoms. The van der Waals surface area contributed by atoms with E-state index in [1.54, 1.807) is 6.20 Å². The molecule has 3 aromatic rings. The van der Waals surface area contributed by atoms with Crippen molar-refractivity contribution in [3.63, 3.8) is 0 Å². The monoisotopic (exact) mass is 295 g/mol. The van der Waals surface area contributed by atoms with Gasteiger partial charge < -0.3 is 15.3 Å². The molecule has 3 heterocycles. The fraction of sp³-hybridized carbons (Fsp3) is 0.375. The van der Waals surface area contributed by atoms with E-state index in [1.165, 1.54) is 0 Å². The molecule has 6 heteroatoms. The molecule has 0 aromatic carbocycles. The highest BCUT2D eigenvalue weighted by Gasteiger charge is 2.13. The van der Waals surface area contributed by atoms with Gasteiger partial charge in [-0.05, 0) is 38.7 Å². The van der Waals surface area contributed by atoms with Crippen LogP contribution in [0.5, 0.6) is 0 Å². The largest absolute Gasteiger partial charge is 0.393 e. The molecular weight excluding hydrogens is 276 g/mol. The number of fused-ring (bicyclic) bond motifs is 1. The Morgan fingerprint density at radius 2 is 2.14 bits per heavy atom. The minimum atomic E-state index is 0.210. The van der Waals surface area contributed by atoms with E-state index < -0.39 is 0 Å². The average Bonchev–Trinajstić information content (AvgIpc) is 2.93. The lowest BCUT2D eigenvalue weighted by atomic mass is 10.2. The maximum absolute atomic E-state index is 4.71. The van der Waals surface area contributed by atoms with Crippen LogP contribution >= 0.6 is 0 Å². The van der Waals surface area contributed by atoms with Gasteiger partial charge in [-0.1, -0.05) is 13.3 Å². The third-order valence-electron chi connectivity index (χ3n) is 3.34. The standard InChI is InChI=1S/C16H19N6/c1-4-7-18-16-19-10-13-14(12-6-5-8-17-9-12)21-22(11(2)3)15(13)20-16/h5-6,8-11H,4,7H2,1-3H3/q-1. The van der Waals surface area contributed by atoms with E-state index in [0.29, 0.717) is 5.95 Å². The highest BCUT2D eigenvalue weighted by molar-refractivity contribution is 5.91. The van der Waals surface area contributed by atoms with Crippen molar-refractivity contribution in [3.05, 3.63) is 36.0 Å². The normalized spacial score (nSPS) is 11.3. The van der Waals surface area contributed by atoms with Crippen molar-refractivity contribution in [1.29, 1.82) is 0 Å². The summed E-state index contributed by atoms with van der Waals surface area (Å²) in [5.41, 5.74) is 2.64. The summed E-state index contributed by atoms with van der Waals surface area (Å²) in [6, 6.07) is 4.11. The third-order valence-corrected chi connectivity index (χ3v) is 3.34. The molecule has 0 radical (unpaired) electrons. The highest BCUT2D eigenvalue weighted by Crippen LogP contribution is 2.29. The molecule has 114 valence electrons. The van der Waals surface area contributed by atoms with Gasteiger partial charge in [0.1, 0.15) is 5.69 Å². The van der Waals surface area contributed by atoms with Gasteiger partial charge in [-0.3, -0.25) is 9.67 Å². The number of hydrogen-bond acceptors (Lipinski definition) is 4. The van der Waals surface area contributed by atoms with Crippen LogP contribution in [0.1, 0.15) is 33.2 Å². The summed E-state index contributed by atoms with van der Waals surface area (Å²) in [6.45, 7) is 6.99. The Balaban J connectivity index is 2.15. The van der Waals surface area contributed by atoms with Crippen molar-refractivity contribution in [3.8, 4) is 11.3 Å². The lowest BCUT2D eigenvalue weighted by molar-refractivity contribution is 0.548. The van der Waals surface area contributed by atoms with E-state index in [0.717, 1.165) is 35.3 Å². The molecule has 0 aliphatic rings. The van der Waals surface area contributed by atoms with Gasteiger partial charge in [-0.2, -0.15) is 5.10 Å². The molecule has 0 unspecified atom stereocenters. The van der Waals surface area contributed by atoms with Crippen LogP contribution in [-0.4, -0.2) is 31.3 Å².